The van der Waals surface area contributed by atoms with E-state index in [1.165, 1.54) is 11.3 Å². The van der Waals surface area contributed by atoms with Crippen molar-refractivity contribution in [3.8, 4) is 0 Å². The Morgan fingerprint density at radius 3 is 2.83 bits per heavy atom. The second-order valence-corrected chi connectivity index (χ2v) is 4.90. The fourth-order valence-corrected chi connectivity index (χ4v) is 2.12. The summed E-state index contributed by atoms with van der Waals surface area (Å²) >= 11 is 0. The van der Waals surface area contributed by atoms with E-state index in [4.69, 9.17) is 0 Å². The van der Waals surface area contributed by atoms with Crippen LogP contribution in [0.4, 0.5) is 0 Å². The summed E-state index contributed by atoms with van der Waals surface area (Å²) in [7, 11) is 1.69. The molecule has 0 aromatic carbocycles. The summed E-state index contributed by atoms with van der Waals surface area (Å²) in [4.78, 5) is 25.2. The van der Waals surface area contributed by atoms with Crippen LogP contribution in [0.1, 0.15) is 39.0 Å². The second kappa shape index (κ2) is 8.08. The SMILES string of the molecule is CCCNC(=O)CN(C)C(=O)C1CCCCCN1. The zero-order valence-corrected chi connectivity index (χ0v) is 11.5. The van der Waals surface area contributed by atoms with Gasteiger partial charge in [0.25, 0.3) is 0 Å². The molecule has 1 unspecified atom stereocenters. The Morgan fingerprint density at radius 2 is 2.11 bits per heavy atom. The Bertz CT molecular complexity index is 273. The van der Waals surface area contributed by atoms with E-state index in [1.807, 2.05) is 6.92 Å². The van der Waals surface area contributed by atoms with Crippen LogP contribution in [0.25, 0.3) is 0 Å². The molecule has 1 aliphatic rings. The summed E-state index contributed by atoms with van der Waals surface area (Å²) in [5, 5.41) is 6.04. The maximum atomic E-state index is 12.1. The highest BCUT2D eigenvalue weighted by atomic mass is 16.2. The van der Waals surface area contributed by atoms with Gasteiger partial charge in [-0.25, -0.2) is 0 Å². The third kappa shape index (κ3) is 5.04. The van der Waals surface area contributed by atoms with Crippen LogP contribution in [0.5, 0.6) is 0 Å². The first-order valence-electron chi connectivity index (χ1n) is 6.90. The van der Waals surface area contributed by atoms with Gasteiger partial charge in [-0.1, -0.05) is 19.8 Å². The number of amides is 2. The lowest BCUT2D eigenvalue weighted by molar-refractivity contribution is -0.136. The fourth-order valence-electron chi connectivity index (χ4n) is 2.12. The van der Waals surface area contributed by atoms with E-state index in [9.17, 15) is 9.59 Å². The quantitative estimate of drug-likeness (QED) is 0.752. The zero-order chi connectivity index (χ0) is 13.4. The third-order valence-corrected chi connectivity index (χ3v) is 3.19. The van der Waals surface area contributed by atoms with Gasteiger partial charge in [0.05, 0.1) is 12.6 Å². The van der Waals surface area contributed by atoms with Crippen LogP contribution in [-0.2, 0) is 9.59 Å². The molecule has 2 N–H and O–H groups in total. The molecule has 0 aromatic heterocycles. The minimum atomic E-state index is -0.114. The lowest BCUT2D eigenvalue weighted by Crippen LogP contribution is -2.47. The number of hydrogen-bond acceptors (Lipinski definition) is 3. The summed E-state index contributed by atoms with van der Waals surface area (Å²) in [6.07, 6.45) is 5.18. The van der Waals surface area contributed by atoms with Crippen LogP contribution >= 0.6 is 0 Å². The van der Waals surface area contributed by atoms with Crippen molar-refractivity contribution in [2.75, 3.05) is 26.7 Å². The Morgan fingerprint density at radius 1 is 1.33 bits per heavy atom. The summed E-state index contributed by atoms with van der Waals surface area (Å²) in [6, 6.07) is -0.114. The summed E-state index contributed by atoms with van der Waals surface area (Å²) in [5.74, 6) is -0.0510. The predicted molar refractivity (Wildman–Crippen MR) is 71.2 cm³/mol. The number of nitrogens with zero attached hydrogens (tertiary/aromatic N) is 1. The molecule has 0 bridgehead atoms. The molecule has 0 radical (unpaired) electrons. The van der Waals surface area contributed by atoms with E-state index >= 15 is 0 Å². The average Bonchev–Trinajstić information content (AvgIpc) is 2.64. The molecule has 5 heteroatoms. The van der Waals surface area contributed by atoms with Gasteiger partial charge in [0.1, 0.15) is 0 Å². The largest absolute Gasteiger partial charge is 0.355 e. The van der Waals surface area contributed by atoms with Crippen molar-refractivity contribution in [1.29, 1.82) is 0 Å². The summed E-state index contributed by atoms with van der Waals surface area (Å²) in [6.45, 7) is 3.72. The van der Waals surface area contributed by atoms with Crippen molar-refractivity contribution < 1.29 is 9.59 Å². The van der Waals surface area contributed by atoms with Crippen molar-refractivity contribution in [2.45, 2.75) is 45.1 Å². The molecule has 0 saturated carbocycles. The van der Waals surface area contributed by atoms with E-state index in [0.717, 1.165) is 32.2 Å². The highest BCUT2D eigenvalue weighted by molar-refractivity contribution is 5.87. The number of carbonyl (C=O) groups excluding carboxylic acids is 2. The average molecular weight is 255 g/mol. The van der Waals surface area contributed by atoms with Crippen LogP contribution in [0.3, 0.4) is 0 Å². The van der Waals surface area contributed by atoms with Crippen molar-refractivity contribution in [3.63, 3.8) is 0 Å². The molecule has 0 spiro atoms. The molecule has 104 valence electrons. The first-order chi connectivity index (χ1) is 8.65. The van der Waals surface area contributed by atoms with E-state index in [2.05, 4.69) is 10.6 Å². The Hall–Kier alpha value is -1.10. The number of nitrogens with one attached hydrogen (secondary N) is 2. The first-order valence-corrected chi connectivity index (χ1v) is 6.90. The van der Waals surface area contributed by atoms with Gasteiger partial charge < -0.3 is 15.5 Å². The lowest BCUT2D eigenvalue weighted by Gasteiger charge is -2.23. The van der Waals surface area contributed by atoms with E-state index in [-0.39, 0.29) is 24.4 Å². The van der Waals surface area contributed by atoms with Crippen LogP contribution in [0.15, 0.2) is 0 Å². The number of carbonyl (C=O) groups is 2. The fraction of sp³-hybridized carbons (Fsp3) is 0.846. The molecule has 1 atom stereocenters. The van der Waals surface area contributed by atoms with Crippen LogP contribution in [-0.4, -0.2) is 49.4 Å². The van der Waals surface area contributed by atoms with Gasteiger partial charge >= 0.3 is 0 Å². The molecule has 0 aliphatic carbocycles. The molecular weight excluding hydrogens is 230 g/mol. The van der Waals surface area contributed by atoms with Crippen LogP contribution in [0, 0.1) is 0 Å². The third-order valence-electron chi connectivity index (χ3n) is 3.19. The number of rotatable bonds is 5. The number of likely N-dealkylation sites (N-methyl/N-ethyl adjacent to an activating group) is 1. The van der Waals surface area contributed by atoms with Gasteiger partial charge in [-0.3, -0.25) is 9.59 Å². The second-order valence-electron chi connectivity index (χ2n) is 4.90. The zero-order valence-electron chi connectivity index (χ0n) is 11.5. The smallest absolute Gasteiger partial charge is 0.239 e. The molecule has 18 heavy (non-hydrogen) atoms. The minimum absolute atomic E-state index is 0.0311. The van der Waals surface area contributed by atoms with Crippen LogP contribution in [0.2, 0.25) is 0 Å². The van der Waals surface area contributed by atoms with Crippen molar-refractivity contribution in [3.05, 3.63) is 0 Å². The van der Waals surface area contributed by atoms with Crippen LogP contribution < -0.4 is 10.6 Å². The van der Waals surface area contributed by atoms with Gasteiger partial charge in [0.2, 0.25) is 11.8 Å². The highest BCUT2D eigenvalue weighted by Crippen LogP contribution is 2.10. The normalized spacial score (nSPS) is 20.0. The Balaban J connectivity index is 2.37. The van der Waals surface area contributed by atoms with Gasteiger partial charge in [0, 0.05) is 13.6 Å². The summed E-state index contributed by atoms with van der Waals surface area (Å²) in [5.41, 5.74) is 0. The van der Waals surface area contributed by atoms with E-state index in [1.54, 1.807) is 7.05 Å². The van der Waals surface area contributed by atoms with Gasteiger partial charge in [0.15, 0.2) is 0 Å². The van der Waals surface area contributed by atoms with Crippen molar-refractivity contribution in [2.24, 2.45) is 0 Å². The van der Waals surface area contributed by atoms with Crippen molar-refractivity contribution >= 4 is 11.8 Å². The van der Waals surface area contributed by atoms with Crippen molar-refractivity contribution in [1.82, 2.24) is 15.5 Å². The van der Waals surface area contributed by atoms with E-state index in [0.29, 0.717) is 6.54 Å². The Kier molecular flexibility index (Phi) is 6.72. The van der Waals surface area contributed by atoms with E-state index < -0.39 is 0 Å². The molecule has 5 nitrogen and oxygen atoms in total. The Labute approximate surface area is 109 Å². The molecule has 1 heterocycles. The first kappa shape index (κ1) is 15.0. The molecule has 1 rings (SSSR count). The molecule has 0 aromatic rings. The molecule has 1 aliphatic heterocycles. The summed E-state index contributed by atoms with van der Waals surface area (Å²) < 4.78 is 0. The topological polar surface area (TPSA) is 61.4 Å². The van der Waals surface area contributed by atoms with Gasteiger partial charge in [-0.2, -0.15) is 0 Å². The molecule has 1 saturated heterocycles. The maximum Gasteiger partial charge on any atom is 0.239 e. The number of hydrogen-bond donors (Lipinski definition) is 2. The maximum absolute atomic E-state index is 12.1. The standard InChI is InChI=1S/C13H25N3O2/c1-3-8-15-12(17)10-16(2)13(18)11-7-5-4-6-9-14-11/h11,14H,3-10H2,1-2H3,(H,15,17). The monoisotopic (exact) mass is 255 g/mol. The molecule has 1 fully saturated rings. The highest BCUT2D eigenvalue weighted by Gasteiger charge is 2.23. The predicted octanol–water partition coefficient (Wildman–Crippen LogP) is 0.503. The van der Waals surface area contributed by atoms with Gasteiger partial charge in [-0.05, 0) is 25.8 Å². The molecule has 2 amide bonds. The minimum Gasteiger partial charge on any atom is -0.355 e. The molecular formula is C13H25N3O2. The lowest BCUT2D eigenvalue weighted by atomic mass is 10.1. The van der Waals surface area contributed by atoms with Gasteiger partial charge in [-0.15, -0.1) is 0 Å².